The van der Waals surface area contributed by atoms with E-state index in [4.69, 9.17) is 5.11 Å². The van der Waals surface area contributed by atoms with Crippen LogP contribution in [0.5, 0.6) is 0 Å². The molecule has 0 aliphatic carbocycles. The molecule has 0 atom stereocenters. The third-order valence-corrected chi connectivity index (χ3v) is 3.04. The molecule has 0 saturated carbocycles. The number of hydrogen-bond acceptors (Lipinski definition) is 3. The van der Waals surface area contributed by atoms with Crippen LogP contribution in [0.4, 0.5) is 0 Å². The van der Waals surface area contributed by atoms with Crippen molar-refractivity contribution in [2.24, 2.45) is 0 Å². The minimum atomic E-state index is -1.11. The van der Waals surface area contributed by atoms with Crippen LogP contribution in [0, 0.1) is 0 Å². The molecule has 0 amide bonds. The van der Waals surface area contributed by atoms with Gasteiger partial charge in [0.2, 0.25) is 0 Å². The zero-order valence-electron chi connectivity index (χ0n) is 8.11. The highest BCUT2D eigenvalue weighted by Gasteiger charge is 2.25. The van der Waals surface area contributed by atoms with E-state index in [1.54, 1.807) is 6.07 Å². The Bertz CT molecular complexity index is 647. The molecule has 0 radical (unpaired) electrons. The van der Waals surface area contributed by atoms with Crippen LogP contribution in [-0.4, -0.2) is 16.3 Å². The number of halogens is 2. The highest BCUT2D eigenvalue weighted by atomic mass is 79.9. The molecule has 17 heavy (non-hydrogen) atoms. The largest absolute Gasteiger partial charge is 0.477 e. The predicted octanol–water partition coefficient (Wildman–Crippen LogP) is 1.47. The molecule has 0 saturated heterocycles. The summed E-state index contributed by atoms with van der Waals surface area (Å²) in [6, 6.07) is 3.10. The first kappa shape index (κ1) is 12.1. The number of benzene rings is 1. The fraction of sp³-hybridized carbons (Fsp3) is 0. The summed E-state index contributed by atoms with van der Waals surface area (Å²) in [6.07, 6.45) is 1.11. The SMILES string of the molecule is O=C(O)c1cc(Br)cc(Br)c1-[n+]1cc(=O)o[nH]1. The number of aromatic amines is 1. The lowest BCUT2D eigenvalue weighted by atomic mass is 10.2. The number of aromatic carboxylic acids is 1. The smallest absolute Gasteiger partial charge is 0.427 e. The normalized spacial score (nSPS) is 10.5. The van der Waals surface area contributed by atoms with E-state index in [1.807, 2.05) is 0 Å². The molecule has 2 aromatic rings. The minimum absolute atomic E-state index is 0.0216. The van der Waals surface area contributed by atoms with Crippen LogP contribution < -0.4 is 10.3 Å². The summed E-state index contributed by atoms with van der Waals surface area (Å²) in [5.74, 6) is -1.11. The van der Waals surface area contributed by atoms with E-state index >= 15 is 0 Å². The van der Waals surface area contributed by atoms with Crippen molar-refractivity contribution in [1.29, 1.82) is 0 Å². The summed E-state index contributed by atoms with van der Waals surface area (Å²) in [5, 5.41) is 11.4. The molecule has 0 fully saturated rings. The summed E-state index contributed by atoms with van der Waals surface area (Å²) >= 11 is 6.43. The van der Waals surface area contributed by atoms with E-state index in [-0.39, 0.29) is 11.3 Å². The Kier molecular flexibility index (Phi) is 3.16. The van der Waals surface area contributed by atoms with Crippen LogP contribution in [0.2, 0.25) is 0 Å². The molecule has 0 bridgehead atoms. The molecule has 88 valence electrons. The second-order valence-electron chi connectivity index (χ2n) is 3.10. The van der Waals surface area contributed by atoms with Gasteiger partial charge in [-0.1, -0.05) is 15.9 Å². The van der Waals surface area contributed by atoms with E-state index < -0.39 is 11.6 Å². The third kappa shape index (κ3) is 2.32. The quantitative estimate of drug-likeness (QED) is 0.790. The summed E-state index contributed by atoms with van der Waals surface area (Å²) in [6.45, 7) is 0. The van der Waals surface area contributed by atoms with Gasteiger partial charge in [0.1, 0.15) is 5.56 Å². The molecular formula is C9H5Br2N2O4+. The molecular weight excluding hydrogens is 360 g/mol. The fourth-order valence-electron chi connectivity index (χ4n) is 1.34. The highest BCUT2D eigenvalue weighted by molar-refractivity contribution is 9.11. The van der Waals surface area contributed by atoms with Crippen molar-refractivity contribution in [2.45, 2.75) is 0 Å². The van der Waals surface area contributed by atoms with Crippen LogP contribution in [0.15, 0.2) is 36.6 Å². The number of rotatable bonds is 2. The lowest BCUT2D eigenvalue weighted by Gasteiger charge is -2.01. The third-order valence-electron chi connectivity index (χ3n) is 1.98. The first-order valence-electron chi connectivity index (χ1n) is 4.32. The summed E-state index contributed by atoms with van der Waals surface area (Å²) < 4.78 is 6.81. The van der Waals surface area contributed by atoms with Crippen molar-refractivity contribution in [3.63, 3.8) is 0 Å². The number of aromatic nitrogens is 2. The van der Waals surface area contributed by atoms with Gasteiger partial charge >= 0.3 is 11.6 Å². The molecule has 8 heteroatoms. The van der Waals surface area contributed by atoms with Gasteiger partial charge in [0.15, 0.2) is 0 Å². The van der Waals surface area contributed by atoms with Crippen molar-refractivity contribution in [1.82, 2.24) is 5.27 Å². The topological polar surface area (TPSA) is 87.2 Å². The number of H-pyrrole nitrogens is 1. The van der Waals surface area contributed by atoms with Gasteiger partial charge in [0, 0.05) is 4.47 Å². The number of carbonyl (C=O) groups is 1. The second kappa shape index (κ2) is 4.46. The van der Waals surface area contributed by atoms with Crippen molar-refractivity contribution >= 4 is 37.8 Å². The van der Waals surface area contributed by atoms with E-state index in [1.165, 1.54) is 10.7 Å². The average Bonchev–Trinajstić information content (AvgIpc) is 2.63. The first-order chi connectivity index (χ1) is 7.99. The highest BCUT2D eigenvalue weighted by Crippen LogP contribution is 2.25. The van der Waals surface area contributed by atoms with Gasteiger partial charge in [-0.05, 0) is 38.0 Å². The van der Waals surface area contributed by atoms with Crippen LogP contribution >= 0.6 is 31.9 Å². The number of carboxylic acid groups (broad SMARTS) is 1. The molecule has 0 spiro atoms. The van der Waals surface area contributed by atoms with Crippen LogP contribution in [-0.2, 0) is 0 Å². The van der Waals surface area contributed by atoms with E-state index in [0.717, 1.165) is 6.20 Å². The van der Waals surface area contributed by atoms with Crippen molar-refractivity contribution in [2.75, 3.05) is 0 Å². The lowest BCUT2D eigenvalue weighted by Crippen LogP contribution is -2.35. The van der Waals surface area contributed by atoms with E-state index in [9.17, 15) is 9.59 Å². The molecule has 1 aromatic heterocycles. The molecule has 2 rings (SSSR count). The standard InChI is InChI=1S/C9H4Br2N2O4/c10-4-1-5(9(15)16)8(6(11)2-4)13-3-7(14)17-12-13/h1-3H,(H-,12,14,15,16)/p+1. The van der Waals surface area contributed by atoms with Gasteiger partial charge in [-0.15, -0.1) is 0 Å². The second-order valence-corrected chi connectivity index (χ2v) is 4.87. The fourth-order valence-corrected chi connectivity index (χ4v) is 2.75. The van der Waals surface area contributed by atoms with Crippen LogP contribution in [0.1, 0.15) is 10.4 Å². The maximum atomic E-state index is 11.1. The Morgan fingerprint density at radius 3 is 2.65 bits per heavy atom. The summed E-state index contributed by atoms with van der Waals surface area (Å²) in [7, 11) is 0. The molecule has 0 aliphatic heterocycles. The number of carboxylic acids is 1. The Balaban J connectivity index is 2.75. The minimum Gasteiger partial charge on any atom is -0.477 e. The number of hydrogen-bond donors (Lipinski definition) is 2. The molecule has 2 N–H and O–H groups in total. The van der Waals surface area contributed by atoms with Gasteiger partial charge in [0.05, 0.1) is 4.47 Å². The van der Waals surface area contributed by atoms with Gasteiger partial charge < -0.3 is 5.11 Å². The molecule has 1 aromatic carbocycles. The van der Waals surface area contributed by atoms with Gasteiger partial charge in [0.25, 0.3) is 11.9 Å². The Labute approximate surface area is 111 Å². The van der Waals surface area contributed by atoms with Crippen molar-refractivity contribution in [3.8, 4) is 5.69 Å². The maximum absolute atomic E-state index is 11.1. The molecule has 0 aliphatic rings. The zero-order chi connectivity index (χ0) is 12.6. The average molecular weight is 365 g/mol. The molecule has 0 unspecified atom stereocenters. The van der Waals surface area contributed by atoms with E-state index in [2.05, 4.69) is 41.7 Å². The Morgan fingerprint density at radius 1 is 1.41 bits per heavy atom. The van der Waals surface area contributed by atoms with Gasteiger partial charge in [-0.2, -0.15) is 0 Å². The predicted molar refractivity (Wildman–Crippen MR) is 63.2 cm³/mol. The van der Waals surface area contributed by atoms with E-state index in [0.29, 0.717) is 8.95 Å². The monoisotopic (exact) mass is 363 g/mol. The molecule has 6 nitrogen and oxygen atoms in total. The summed E-state index contributed by atoms with van der Waals surface area (Å²) in [4.78, 5) is 22.1. The summed E-state index contributed by atoms with van der Waals surface area (Å²) in [5.41, 5.74) is -0.295. The van der Waals surface area contributed by atoms with Crippen LogP contribution in [0.3, 0.4) is 0 Å². The maximum Gasteiger partial charge on any atom is 0.427 e. The lowest BCUT2D eigenvalue weighted by molar-refractivity contribution is -0.671. The van der Waals surface area contributed by atoms with Crippen molar-refractivity contribution in [3.05, 3.63) is 43.3 Å². The Morgan fingerprint density at radius 2 is 2.12 bits per heavy atom. The van der Waals surface area contributed by atoms with Gasteiger partial charge in [-0.3, -0.25) is 4.52 Å². The Hall–Kier alpha value is -1.41. The number of nitrogens with zero attached hydrogens (tertiary/aromatic N) is 1. The van der Waals surface area contributed by atoms with Crippen LogP contribution in [0.25, 0.3) is 5.69 Å². The zero-order valence-corrected chi connectivity index (χ0v) is 11.3. The first-order valence-corrected chi connectivity index (χ1v) is 5.90. The van der Waals surface area contributed by atoms with Crippen molar-refractivity contribution < 1.29 is 19.1 Å². The molecule has 1 heterocycles. The number of nitrogens with one attached hydrogen (secondary N) is 1. The van der Waals surface area contributed by atoms with Gasteiger partial charge in [-0.25, -0.2) is 9.59 Å².